The van der Waals surface area contributed by atoms with Gasteiger partial charge in [-0.2, -0.15) is 5.10 Å². The number of nitrogens with zero attached hydrogens (tertiary/aromatic N) is 4. The van der Waals surface area contributed by atoms with Gasteiger partial charge < -0.3 is 14.8 Å². The number of fused-ring (bicyclic) bond motifs is 3. The van der Waals surface area contributed by atoms with Gasteiger partial charge in [0.2, 0.25) is 0 Å². The Kier molecular flexibility index (Phi) is 6.49. The van der Waals surface area contributed by atoms with Crippen molar-refractivity contribution in [3.63, 3.8) is 0 Å². The number of nitrogens with one attached hydrogen (secondary N) is 1. The van der Waals surface area contributed by atoms with E-state index < -0.39 is 0 Å². The molecule has 1 N–H and O–H groups in total. The zero-order chi connectivity index (χ0) is 27.1. The van der Waals surface area contributed by atoms with E-state index in [9.17, 15) is 4.79 Å². The van der Waals surface area contributed by atoms with Crippen LogP contribution in [0, 0.1) is 13.8 Å². The third kappa shape index (κ3) is 4.51. The molecular formula is C32H30ClN5O. The van der Waals surface area contributed by atoms with Crippen molar-refractivity contribution in [3.8, 4) is 11.5 Å². The number of halogens is 1. The predicted octanol–water partition coefficient (Wildman–Crippen LogP) is 7.63. The molecule has 2 amide bonds. The fourth-order valence-electron chi connectivity index (χ4n) is 5.35. The minimum absolute atomic E-state index is 0.197. The largest absolute Gasteiger partial charge is 0.322 e. The Morgan fingerprint density at radius 3 is 2.51 bits per heavy atom. The Hall–Kier alpha value is -4.29. The number of para-hydroxylation sites is 1. The molecule has 0 saturated heterocycles. The van der Waals surface area contributed by atoms with Crippen molar-refractivity contribution in [2.75, 3.05) is 5.32 Å². The number of aryl methyl sites for hydroxylation is 3. The van der Waals surface area contributed by atoms with E-state index in [4.69, 9.17) is 16.7 Å². The molecule has 5 aromatic rings. The van der Waals surface area contributed by atoms with Gasteiger partial charge in [-0.1, -0.05) is 67.1 Å². The molecule has 1 aliphatic heterocycles. The molecule has 1 aliphatic rings. The minimum Gasteiger partial charge on any atom is -0.307 e. The number of carbonyl (C=O) groups excluding carboxylic acids is 1. The van der Waals surface area contributed by atoms with Crippen molar-refractivity contribution in [2.45, 2.75) is 39.8 Å². The SMILES string of the molecule is CCc1ccc([C@H]2c3cccn3-c3c(c(C)nn3-c3ccccc3)CN2C(=O)Nc2cc(Cl)ccc2C)cc1. The van der Waals surface area contributed by atoms with E-state index in [1.807, 2.05) is 72.0 Å². The van der Waals surface area contributed by atoms with Crippen molar-refractivity contribution in [1.82, 2.24) is 19.2 Å². The van der Waals surface area contributed by atoms with Crippen LogP contribution < -0.4 is 5.32 Å². The molecule has 2 aromatic heterocycles. The summed E-state index contributed by atoms with van der Waals surface area (Å²) in [6, 6.07) is 27.8. The topological polar surface area (TPSA) is 55.1 Å². The van der Waals surface area contributed by atoms with Gasteiger partial charge in [0, 0.05) is 22.5 Å². The van der Waals surface area contributed by atoms with E-state index in [1.54, 1.807) is 6.07 Å². The Morgan fingerprint density at radius 1 is 1.00 bits per heavy atom. The molecule has 0 unspecified atom stereocenters. The van der Waals surface area contributed by atoms with Crippen molar-refractivity contribution in [3.05, 3.63) is 130 Å². The summed E-state index contributed by atoms with van der Waals surface area (Å²) >= 11 is 6.29. The summed E-state index contributed by atoms with van der Waals surface area (Å²) in [6.45, 7) is 6.51. The second-order valence-electron chi connectivity index (χ2n) is 9.95. The first-order valence-corrected chi connectivity index (χ1v) is 13.6. The Bertz CT molecular complexity index is 1650. The van der Waals surface area contributed by atoms with Gasteiger partial charge in [0.25, 0.3) is 0 Å². The van der Waals surface area contributed by atoms with Gasteiger partial charge in [-0.05, 0) is 73.4 Å². The van der Waals surface area contributed by atoms with E-state index in [1.165, 1.54) is 5.56 Å². The van der Waals surface area contributed by atoms with Crippen LogP contribution in [0.4, 0.5) is 10.5 Å². The predicted molar refractivity (Wildman–Crippen MR) is 156 cm³/mol. The zero-order valence-corrected chi connectivity index (χ0v) is 23.0. The molecule has 6 nitrogen and oxygen atoms in total. The average molecular weight is 536 g/mol. The molecule has 0 aliphatic carbocycles. The number of aromatic nitrogens is 3. The molecule has 3 aromatic carbocycles. The lowest BCUT2D eigenvalue weighted by atomic mass is 9.99. The van der Waals surface area contributed by atoms with Crippen LogP contribution in [0.1, 0.15) is 46.6 Å². The van der Waals surface area contributed by atoms with Crippen LogP contribution in [-0.2, 0) is 13.0 Å². The highest BCUT2D eigenvalue weighted by atomic mass is 35.5. The number of carbonyl (C=O) groups is 1. The number of urea groups is 1. The molecule has 39 heavy (non-hydrogen) atoms. The summed E-state index contributed by atoms with van der Waals surface area (Å²) in [6.07, 6.45) is 3.02. The number of benzene rings is 3. The van der Waals surface area contributed by atoms with Gasteiger partial charge in [0.05, 0.1) is 29.7 Å². The number of rotatable bonds is 4. The van der Waals surface area contributed by atoms with Gasteiger partial charge in [-0.15, -0.1) is 0 Å². The van der Waals surface area contributed by atoms with E-state index in [0.29, 0.717) is 17.3 Å². The van der Waals surface area contributed by atoms with Crippen molar-refractivity contribution < 1.29 is 4.79 Å². The maximum Gasteiger partial charge on any atom is 0.322 e. The average Bonchev–Trinajstić information content (AvgIpc) is 3.51. The number of anilines is 1. The lowest BCUT2D eigenvalue weighted by Crippen LogP contribution is -2.38. The highest BCUT2D eigenvalue weighted by molar-refractivity contribution is 6.31. The van der Waals surface area contributed by atoms with E-state index >= 15 is 0 Å². The molecule has 0 fully saturated rings. The molecule has 0 saturated carbocycles. The fourth-order valence-corrected chi connectivity index (χ4v) is 5.52. The first-order valence-electron chi connectivity index (χ1n) is 13.2. The molecule has 6 rings (SSSR count). The molecule has 0 radical (unpaired) electrons. The summed E-state index contributed by atoms with van der Waals surface area (Å²) in [5.41, 5.74) is 7.80. The van der Waals surface area contributed by atoms with Gasteiger partial charge in [-0.3, -0.25) is 0 Å². The zero-order valence-electron chi connectivity index (χ0n) is 22.2. The highest BCUT2D eigenvalue weighted by Crippen LogP contribution is 2.39. The maximum absolute atomic E-state index is 14.2. The Labute approximate surface area is 233 Å². The number of hydrogen-bond acceptors (Lipinski definition) is 2. The normalized spacial score (nSPS) is 14.5. The van der Waals surface area contributed by atoms with Gasteiger partial charge >= 0.3 is 6.03 Å². The van der Waals surface area contributed by atoms with Crippen LogP contribution in [0.25, 0.3) is 11.5 Å². The smallest absolute Gasteiger partial charge is 0.307 e. The molecule has 196 valence electrons. The molecule has 7 heteroatoms. The third-order valence-corrected chi connectivity index (χ3v) is 7.73. The molecule has 0 bridgehead atoms. The van der Waals surface area contributed by atoms with Crippen LogP contribution >= 0.6 is 11.6 Å². The summed E-state index contributed by atoms with van der Waals surface area (Å²) in [5, 5.41) is 8.65. The lowest BCUT2D eigenvalue weighted by molar-refractivity contribution is 0.194. The second-order valence-corrected chi connectivity index (χ2v) is 10.4. The Morgan fingerprint density at radius 2 is 1.77 bits per heavy atom. The molecule has 1 atom stereocenters. The summed E-state index contributed by atoms with van der Waals surface area (Å²) in [5.74, 6) is 0.947. The van der Waals surface area contributed by atoms with Crippen LogP contribution in [0.5, 0.6) is 0 Å². The lowest BCUT2D eigenvalue weighted by Gasteiger charge is -2.31. The molecule has 3 heterocycles. The summed E-state index contributed by atoms with van der Waals surface area (Å²) in [4.78, 5) is 16.1. The minimum atomic E-state index is -0.318. The monoisotopic (exact) mass is 535 g/mol. The van der Waals surface area contributed by atoms with Crippen molar-refractivity contribution >= 4 is 23.3 Å². The van der Waals surface area contributed by atoms with Gasteiger partial charge in [0.1, 0.15) is 5.82 Å². The van der Waals surface area contributed by atoms with Crippen LogP contribution in [-0.4, -0.2) is 25.3 Å². The van der Waals surface area contributed by atoms with E-state index in [0.717, 1.165) is 46.0 Å². The van der Waals surface area contributed by atoms with Crippen molar-refractivity contribution in [2.24, 2.45) is 0 Å². The quantitative estimate of drug-likeness (QED) is 0.257. The van der Waals surface area contributed by atoms with E-state index in [2.05, 4.69) is 53.3 Å². The molecular weight excluding hydrogens is 506 g/mol. The standard InChI is InChI=1S/C32H30ClN5O/c1-4-23-13-15-24(16-14-23)30-29-11-8-18-36(29)31-27(22(3)35-38(31)26-9-6-5-7-10-26)20-37(30)32(39)34-28-19-25(33)17-12-21(28)2/h5-19,30H,4,20H2,1-3H3,(H,34,39)/t30-/m0/s1. The van der Waals surface area contributed by atoms with Crippen LogP contribution in [0.3, 0.4) is 0 Å². The highest BCUT2D eigenvalue weighted by Gasteiger charge is 2.36. The summed E-state index contributed by atoms with van der Waals surface area (Å²) < 4.78 is 4.16. The number of amides is 2. The van der Waals surface area contributed by atoms with Crippen LogP contribution in [0.2, 0.25) is 5.02 Å². The maximum atomic E-state index is 14.2. The first kappa shape index (κ1) is 25.0. The Balaban J connectivity index is 1.53. The molecule has 0 spiro atoms. The number of hydrogen-bond donors (Lipinski definition) is 1. The fraction of sp³-hybridized carbons (Fsp3) is 0.188. The second kappa shape index (κ2) is 10.1. The van der Waals surface area contributed by atoms with Gasteiger partial charge in [-0.25, -0.2) is 9.48 Å². The van der Waals surface area contributed by atoms with Crippen LogP contribution in [0.15, 0.2) is 91.1 Å². The van der Waals surface area contributed by atoms with Crippen molar-refractivity contribution in [1.29, 1.82) is 0 Å². The van der Waals surface area contributed by atoms with Gasteiger partial charge in [0.15, 0.2) is 0 Å². The first-order chi connectivity index (χ1) is 18.9. The van der Waals surface area contributed by atoms with E-state index in [-0.39, 0.29) is 12.1 Å². The third-order valence-electron chi connectivity index (χ3n) is 7.49. The summed E-state index contributed by atoms with van der Waals surface area (Å²) in [7, 11) is 0.